The molecule has 0 aromatic rings. The normalized spacial score (nSPS) is 13.2. The third kappa shape index (κ3) is 11.7. The molecule has 5 nitrogen and oxygen atoms in total. The molecule has 0 saturated heterocycles. The monoisotopic (exact) mass is 380 g/mol. The molecule has 0 rings (SSSR count). The number of hydrogen-bond donors (Lipinski definition) is 0. The highest BCUT2D eigenvalue weighted by Crippen LogP contribution is 2.19. The van der Waals surface area contributed by atoms with Crippen molar-refractivity contribution < 1.29 is 22.8 Å². The molecule has 0 N–H and O–H groups in total. The molecule has 0 spiro atoms. The van der Waals surface area contributed by atoms with Crippen LogP contribution in [-0.2, 0) is 22.8 Å². The fourth-order valence-corrected chi connectivity index (χ4v) is 9.11. The Balaban J connectivity index is 4.92. The van der Waals surface area contributed by atoms with Gasteiger partial charge in [-0.2, -0.15) is 0 Å². The van der Waals surface area contributed by atoms with E-state index in [1.54, 1.807) is 0 Å². The summed E-state index contributed by atoms with van der Waals surface area (Å²) in [7, 11) is -3.33. The number of rotatable bonds is 16. The average molecular weight is 381 g/mol. The van der Waals surface area contributed by atoms with E-state index < -0.39 is 18.3 Å². The number of hydrogen-bond acceptors (Lipinski definition) is 5. The smallest absolute Gasteiger partial charge is 0.374 e. The largest absolute Gasteiger partial charge is 0.497 e. The molecule has 0 aromatic heterocycles. The van der Waals surface area contributed by atoms with Crippen LogP contribution in [0.2, 0.25) is 5.67 Å². The Morgan fingerprint density at radius 3 is 1.38 bits per heavy atom. The highest BCUT2D eigenvalue weighted by Gasteiger charge is 2.41. The van der Waals surface area contributed by atoms with Crippen LogP contribution in [0.25, 0.3) is 0 Å². The van der Waals surface area contributed by atoms with Crippen LogP contribution in [0.15, 0.2) is 0 Å². The summed E-state index contributed by atoms with van der Waals surface area (Å²) in [5.41, 5.74) is 0.858. The first-order valence-corrected chi connectivity index (χ1v) is 13.4. The maximum Gasteiger partial charge on any atom is 0.497 e. The lowest BCUT2D eigenvalue weighted by molar-refractivity contribution is -0.134. The molecule has 0 aliphatic rings. The SMILES string of the molecule is CCCO[Si](C[SiH2]C(OC(C)C)OC(C)C)(OCCC)OCCC. The van der Waals surface area contributed by atoms with Crippen molar-refractivity contribution in [3.63, 3.8) is 0 Å². The Morgan fingerprint density at radius 1 is 0.708 bits per heavy atom. The standard InChI is InChI=1S/C17H40O5Si2/c1-8-11-18-24(19-12-9-2,20-13-10-3)14-23-17(21-15(4)5)22-16(6)7/h15-17H,8-14,23H2,1-7H3. The molecule has 0 fully saturated rings. The van der Waals surface area contributed by atoms with Gasteiger partial charge in [0, 0.05) is 25.5 Å². The number of ether oxygens (including phenoxy) is 2. The van der Waals surface area contributed by atoms with Gasteiger partial charge in [-0.05, 0) is 47.0 Å². The van der Waals surface area contributed by atoms with Crippen molar-refractivity contribution in [2.45, 2.75) is 91.5 Å². The van der Waals surface area contributed by atoms with E-state index in [2.05, 4.69) is 20.8 Å². The van der Waals surface area contributed by atoms with Crippen LogP contribution in [0.3, 0.4) is 0 Å². The molecule has 0 bridgehead atoms. The molecule has 0 aromatic carbocycles. The maximum absolute atomic E-state index is 6.16. The average Bonchev–Trinajstić information content (AvgIpc) is 2.52. The van der Waals surface area contributed by atoms with E-state index in [4.69, 9.17) is 22.8 Å². The molecular formula is C17H40O5Si2. The second kappa shape index (κ2) is 14.4. The fourth-order valence-electron chi connectivity index (χ4n) is 2.18. The first kappa shape index (κ1) is 24.2. The van der Waals surface area contributed by atoms with Gasteiger partial charge in [0.2, 0.25) is 0 Å². The summed E-state index contributed by atoms with van der Waals surface area (Å²) < 4.78 is 30.4. The van der Waals surface area contributed by atoms with Gasteiger partial charge in [0.05, 0.1) is 21.7 Å². The van der Waals surface area contributed by atoms with Gasteiger partial charge in [-0.1, -0.05) is 20.8 Å². The Kier molecular flexibility index (Phi) is 14.5. The van der Waals surface area contributed by atoms with Gasteiger partial charge >= 0.3 is 8.80 Å². The van der Waals surface area contributed by atoms with Gasteiger partial charge in [0.15, 0.2) is 0 Å². The summed E-state index contributed by atoms with van der Waals surface area (Å²) in [5.74, 6) is -0.113. The van der Waals surface area contributed by atoms with Gasteiger partial charge < -0.3 is 22.8 Å². The molecule has 0 aliphatic heterocycles. The minimum absolute atomic E-state index is 0.113. The molecule has 0 heterocycles. The van der Waals surface area contributed by atoms with Crippen LogP contribution in [0, 0.1) is 0 Å². The molecule has 146 valence electrons. The zero-order valence-corrected chi connectivity index (χ0v) is 19.3. The van der Waals surface area contributed by atoms with Crippen molar-refractivity contribution in [2.24, 2.45) is 0 Å². The summed E-state index contributed by atoms with van der Waals surface area (Å²) in [4.78, 5) is 0. The second-order valence-electron chi connectivity index (χ2n) is 6.57. The third-order valence-electron chi connectivity index (χ3n) is 3.11. The van der Waals surface area contributed by atoms with Gasteiger partial charge in [-0.3, -0.25) is 0 Å². The van der Waals surface area contributed by atoms with Crippen molar-refractivity contribution in [1.29, 1.82) is 0 Å². The Labute approximate surface area is 152 Å². The topological polar surface area (TPSA) is 46.2 Å². The van der Waals surface area contributed by atoms with Crippen LogP contribution >= 0.6 is 0 Å². The van der Waals surface area contributed by atoms with Crippen molar-refractivity contribution in [3.8, 4) is 0 Å². The lowest BCUT2D eigenvalue weighted by Crippen LogP contribution is -2.49. The molecule has 0 amide bonds. The summed E-state index contributed by atoms with van der Waals surface area (Å²) in [6.07, 6.45) is 3.21. The fraction of sp³-hybridized carbons (Fsp3) is 1.00. The summed E-state index contributed by atoms with van der Waals surface area (Å²) >= 11 is 0. The highest BCUT2D eigenvalue weighted by molar-refractivity contribution is 6.71. The molecule has 0 unspecified atom stereocenters. The van der Waals surface area contributed by atoms with Crippen molar-refractivity contribution >= 4 is 18.3 Å². The second-order valence-corrected chi connectivity index (χ2v) is 12.0. The van der Waals surface area contributed by atoms with Gasteiger partial charge in [-0.25, -0.2) is 0 Å². The van der Waals surface area contributed by atoms with E-state index >= 15 is 0 Å². The van der Waals surface area contributed by atoms with Gasteiger partial charge in [0.25, 0.3) is 0 Å². The van der Waals surface area contributed by atoms with E-state index in [1.165, 1.54) is 0 Å². The summed E-state index contributed by atoms with van der Waals surface area (Å²) in [6.45, 7) is 16.6. The van der Waals surface area contributed by atoms with E-state index in [-0.39, 0.29) is 18.1 Å². The van der Waals surface area contributed by atoms with Crippen molar-refractivity contribution in [2.75, 3.05) is 19.8 Å². The Hall–Kier alpha value is 0.234. The third-order valence-corrected chi connectivity index (χ3v) is 9.50. The minimum atomic E-state index is -2.62. The summed E-state index contributed by atoms with van der Waals surface area (Å²) in [5, 5.41) is 0. The van der Waals surface area contributed by atoms with Crippen LogP contribution in [-0.4, -0.2) is 56.3 Å². The minimum Gasteiger partial charge on any atom is -0.374 e. The van der Waals surface area contributed by atoms with Crippen molar-refractivity contribution in [3.05, 3.63) is 0 Å². The van der Waals surface area contributed by atoms with E-state index in [9.17, 15) is 0 Å². The first-order chi connectivity index (χ1) is 11.4. The molecule has 0 aliphatic carbocycles. The zero-order valence-electron chi connectivity index (χ0n) is 16.9. The highest BCUT2D eigenvalue weighted by atomic mass is 28.4. The van der Waals surface area contributed by atoms with Crippen LogP contribution in [0.5, 0.6) is 0 Å². The first-order valence-electron chi connectivity index (χ1n) is 9.61. The van der Waals surface area contributed by atoms with Gasteiger partial charge in [-0.15, -0.1) is 0 Å². The molecular weight excluding hydrogens is 340 g/mol. The molecule has 24 heavy (non-hydrogen) atoms. The van der Waals surface area contributed by atoms with E-state index in [1.807, 2.05) is 27.7 Å². The Morgan fingerprint density at radius 2 is 1.08 bits per heavy atom. The lowest BCUT2D eigenvalue weighted by Gasteiger charge is -2.31. The molecule has 0 radical (unpaired) electrons. The van der Waals surface area contributed by atoms with Gasteiger partial charge in [0.1, 0.15) is 5.91 Å². The van der Waals surface area contributed by atoms with E-state index in [0.717, 1.165) is 24.9 Å². The molecule has 0 atom stereocenters. The quantitative estimate of drug-likeness (QED) is 0.303. The van der Waals surface area contributed by atoms with Crippen molar-refractivity contribution in [1.82, 2.24) is 0 Å². The lowest BCUT2D eigenvalue weighted by atomic mass is 10.5. The Bertz CT molecular complexity index is 258. The zero-order chi connectivity index (χ0) is 18.4. The van der Waals surface area contributed by atoms with Crippen LogP contribution < -0.4 is 0 Å². The van der Waals surface area contributed by atoms with Crippen LogP contribution in [0.1, 0.15) is 67.7 Å². The molecule has 7 heteroatoms. The van der Waals surface area contributed by atoms with E-state index in [0.29, 0.717) is 19.8 Å². The predicted octanol–water partition coefficient (Wildman–Crippen LogP) is 3.47. The van der Waals surface area contributed by atoms with Crippen LogP contribution in [0.4, 0.5) is 0 Å². The maximum atomic E-state index is 6.16. The molecule has 0 saturated carbocycles. The summed E-state index contributed by atoms with van der Waals surface area (Å²) in [6, 6.07) is 0. The predicted molar refractivity (Wildman–Crippen MR) is 104 cm³/mol.